The zero-order valence-electron chi connectivity index (χ0n) is 10.2. The Labute approximate surface area is 101 Å². The molecule has 1 aromatic rings. The molecule has 1 saturated heterocycles. The van der Waals surface area contributed by atoms with Crippen LogP contribution in [0.4, 0.5) is 0 Å². The Morgan fingerprint density at radius 1 is 1.59 bits per heavy atom. The highest BCUT2D eigenvalue weighted by Crippen LogP contribution is 2.21. The molecule has 0 aromatic carbocycles. The summed E-state index contributed by atoms with van der Waals surface area (Å²) < 4.78 is 1.64. The van der Waals surface area contributed by atoms with Gasteiger partial charge in [-0.15, -0.1) is 0 Å². The Kier molecular flexibility index (Phi) is 3.78. The van der Waals surface area contributed by atoms with Crippen LogP contribution in [0.25, 0.3) is 0 Å². The monoisotopic (exact) mass is 237 g/mol. The van der Waals surface area contributed by atoms with Crippen molar-refractivity contribution in [3.63, 3.8) is 0 Å². The standard InChI is InChI=1S/C12H19N3O2/c1-14-8-5-11(13-14)12(17)15-7-3-2-4-10(15)6-9-16/h5,8,10,16H,2-4,6-7,9H2,1H3. The van der Waals surface area contributed by atoms with Crippen molar-refractivity contribution in [2.24, 2.45) is 7.05 Å². The number of carbonyl (C=O) groups is 1. The first-order valence-corrected chi connectivity index (χ1v) is 6.14. The molecule has 1 N–H and O–H groups in total. The summed E-state index contributed by atoms with van der Waals surface area (Å²) in [5, 5.41) is 13.2. The largest absolute Gasteiger partial charge is 0.396 e. The van der Waals surface area contributed by atoms with E-state index >= 15 is 0 Å². The molecule has 17 heavy (non-hydrogen) atoms. The molecule has 94 valence electrons. The third-order valence-corrected chi connectivity index (χ3v) is 3.28. The Morgan fingerprint density at radius 3 is 3.06 bits per heavy atom. The van der Waals surface area contributed by atoms with Gasteiger partial charge in [0.05, 0.1) is 0 Å². The smallest absolute Gasteiger partial charge is 0.274 e. The zero-order chi connectivity index (χ0) is 12.3. The van der Waals surface area contributed by atoms with Crippen molar-refractivity contribution in [3.05, 3.63) is 18.0 Å². The van der Waals surface area contributed by atoms with E-state index in [0.29, 0.717) is 12.1 Å². The van der Waals surface area contributed by atoms with Crippen LogP contribution in [0.1, 0.15) is 36.2 Å². The number of piperidine rings is 1. The number of aromatic nitrogens is 2. The number of aliphatic hydroxyl groups is 1. The Hall–Kier alpha value is -1.36. The van der Waals surface area contributed by atoms with E-state index in [1.54, 1.807) is 24.0 Å². The average molecular weight is 237 g/mol. The molecular formula is C12H19N3O2. The molecule has 1 atom stereocenters. The topological polar surface area (TPSA) is 58.4 Å². The highest BCUT2D eigenvalue weighted by atomic mass is 16.3. The third-order valence-electron chi connectivity index (χ3n) is 3.28. The van der Waals surface area contributed by atoms with Gasteiger partial charge in [-0.25, -0.2) is 0 Å². The van der Waals surface area contributed by atoms with Crippen molar-refractivity contribution in [2.75, 3.05) is 13.2 Å². The van der Waals surface area contributed by atoms with Crippen LogP contribution < -0.4 is 0 Å². The number of carbonyl (C=O) groups excluding carboxylic acids is 1. The van der Waals surface area contributed by atoms with E-state index in [2.05, 4.69) is 5.10 Å². The molecule has 1 fully saturated rings. The SMILES string of the molecule is Cn1ccc(C(=O)N2CCCCC2CCO)n1. The molecule has 2 heterocycles. The summed E-state index contributed by atoms with van der Waals surface area (Å²) in [6, 6.07) is 1.91. The van der Waals surface area contributed by atoms with Crippen LogP contribution in [-0.4, -0.2) is 44.9 Å². The molecule has 0 aliphatic carbocycles. The molecule has 5 heteroatoms. The fourth-order valence-electron chi connectivity index (χ4n) is 2.39. The van der Waals surface area contributed by atoms with Gasteiger partial charge in [0.15, 0.2) is 0 Å². The number of likely N-dealkylation sites (tertiary alicyclic amines) is 1. The van der Waals surface area contributed by atoms with Gasteiger partial charge in [0, 0.05) is 32.4 Å². The van der Waals surface area contributed by atoms with Gasteiger partial charge in [-0.2, -0.15) is 5.10 Å². The fourth-order valence-corrected chi connectivity index (χ4v) is 2.39. The van der Waals surface area contributed by atoms with Gasteiger partial charge < -0.3 is 10.0 Å². The molecule has 0 saturated carbocycles. The first-order valence-electron chi connectivity index (χ1n) is 6.14. The van der Waals surface area contributed by atoms with Crippen molar-refractivity contribution in [2.45, 2.75) is 31.7 Å². The number of aliphatic hydroxyl groups excluding tert-OH is 1. The van der Waals surface area contributed by atoms with Gasteiger partial charge in [-0.1, -0.05) is 0 Å². The number of rotatable bonds is 3. The van der Waals surface area contributed by atoms with E-state index in [1.165, 1.54) is 0 Å². The summed E-state index contributed by atoms with van der Waals surface area (Å²) in [5.41, 5.74) is 0.498. The van der Waals surface area contributed by atoms with Crippen LogP contribution in [0.2, 0.25) is 0 Å². The molecule has 0 spiro atoms. The molecule has 1 amide bonds. The second-order valence-electron chi connectivity index (χ2n) is 4.54. The van der Waals surface area contributed by atoms with Gasteiger partial charge in [0.2, 0.25) is 0 Å². The lowest BCUT2D eigenvalue weighted by Gasteiger charge is -2.35. The Morgan fingerprint density at radius 2 is 2.41 bits per heavy atom. The van der Waals surface area contributed by atoms with E-state index in [9.17, 15) is 4.79 Å². The van der Waals surface area contributed by atoms with E-state index in [0.717, 1.165) is 25.8 Å². The molecule has 1 aliphatic rings. The number of nitrogens with zero attached hydrogens (tertiary/aromatic N) is 3. The Balaban J connectivity index is 2.10. The average Bonchev–Trinajstić information content (AvgIpc) is 2.76. The summed E-state index contributed by atoms with van der Waals surface area (Å²) in [6.45, 7) is 0.913. The molecule has 0 radical (unpaired) electrons. The van der Waals surface area contributed by atoms with E-state index in [4.69, 9.17) is 5.11 Å². The number of aryl methyl sites for hydroxylation is 1. The quantitative estimate of drug-likeness (QED) is 0.846. The predicted molar refractivity (Wildman–Crippen MR) is 63.6 cm³/mol. The number of hydrogen-bond donors (Lipinski definition) is 1. The minimum atomic E-state index is -0.0104. The van der Waals surface area contributed by atoms with Crippen LogP contribution in [-0.2, 0) is 7.05 Å². The molecular weight excluding hydrogens is 218 g/mol. The maximum atomic E-state index is 12.3. The van der Waals surface area contributed by atoms with E-state index < -0.39 is 0 Å². The zero-order valence-corrected chi connectivity index (χ0v) is 10.2. The van der Waals surface area contributed by atoms with Crippen molar-refractivity contribution < 1.29 is 9.90 Å². The van der Waals surface area contributed by atoms with Crippen LogP contribution >= 0.6 is 0 Å². The fraction of sp³-hybridized carbons (Fsp3) is 0.667. The molecule has 1 aromatic heterocycles. The van der Waals surface area contributed by atoms with Crippen molar-refractivity contribution >= 4 is 5.91 Å². The second kappa shape index (κ2) is 5.31. The molecule has 1 unspecified atom stereocenters. The summed E-state index contributed by atoms with van der Waals surface area (Å²) in [4.78, 5) is 14.1. The lowest BCUT2D eigenvalue weighted by molar-refractivity contribution is 0.0568. The lowest BCUT2D eigenvalue weighted by atomic mass is 9.99. The molecule has 5 nitrogen and oxygen atoms in total. The highest BCUT2D eigenvalue weighted by molar-refractivity contribution is 5.92. The normalized spacial score (nSPS) is 20.6. The van der Waals surface area contributed by atoms with Crippen LogP contribution in [0.15, 0.2) is 12.3 Å². The van der Waals surface area contributed by atoms with Crippen molar-refractivity contribution in [1.29, 1.82) is 0 Å². The minimum absolute atomic E-state index is 0.0104. The van der Waals surface area contributed by atoms with E-state index in [-0.39, 0.29) is 18.6 Å². The third kappa shape index (κ3) is 2.66. The van der Waals surface area contributed by atoms with Gasteiger partial charge in [0.1, 0.15) is 5.69 Å². The van der Waals surface area contributed by atoms with Crippen LogP contribution in [0, 0.1) is 0 Å². The van der Waals surface area contributed by atoms with Gasteiger partial charge in [-0.05, 0) is 31.7 Å². The molecule has 1 aliphatic heterocycles. The summed E-state index contributed by atoms with van der Waals surface area (Å²) in [6.07, 6.45) is 5.60. The summed E-state index contributed by atoms with van der Waals surface area (Å²) >= 11 is 0. The van der Waals surface area contributed by atoms with Crippen molar-refractivity contribution in [3.8, 4) is 0 Å². The first kappa shape index (κ1) is 12.1. The van der Waals surface area contributed by atoms with Crippen LogP contribution in [0.5, 0.6) is 0 Å². The predicted octanol–water partition coefficient (Wildman–Crippen LogP) is 0.797. The number of amides is 1. The first-order chi connectivity index (χ1) is 8.22. The lowest BCUT2D eigenvalue weighted by Crippen LogP contribution is -2.44. The molecule has 2 rings (SSSR count). The Bertz CT molecular complexity index is 387. The molecule has 0 bridgehead atoms. The maximum absolute atomic E-state index is 12.3. The second-order valence-corrected chi connectivity index (χ2v) is 4.54. The minimum Gasteiger partial charge on any atom is -0.396 e. The van der Waals surface area contributed by atoms with Crippen molar-refractivity contribution in [1.82, 2.24) is 14.7 Å². The maximum Gasteiger partial charge on any atom is 0.274 e. The van der Waals surface area contributed by atoms with Crippen LogP contribution in [0.3, 0.4) is 0 Å². The van der Waals surface area contributed by atoms with Gasteiger partial charge in [0.25, 0.3) is 5.91 Å². The highest BCUT2D eigenvalue weighted by Gasteiger charge is 2.27. The number of hydrogen-bond acceptors (Lipinski definition) is 3. The summed E-state index contributed by atoms with van der Waals surface area (Å²) in [7, 11) is 1.80. The van der Waals surface area contributed by atoms with Gasteiger partial charge >= 0.3 is 0 Å². The van der Waals surface area contributed by atoms with Gasteiger partial charge in [-0.3, -0.25) is 9.48 Å². The summed E-state index contributed by atoms with van der Waals surface area (Å²) in [5.74, 6) is -0.0104. The van der Waals surface area contributed by atoms with E-state index in [1.807, 2.05) is 4.90 Å².